The lowest BCUT2D eigenvalue weighted by Gasteiger charge is -2.45. The second-order valence-corrected chi connectivity index (χ2v) is 12.9. The van der Waals surface area contributed by atoms with Crippen LogP contribution in [-0.2, 0) is 20.8 Å². The minimum atomic E-state index is -2.32. The summed E-state index contributed by atoms with van der Waals surface area (Å²) in [6.45, 7) is 3.36. The zero-order valence-corrected chi connectivity index (χ0v) is 27.6. The van der Waals surface area contributed by atoms with Gasteiger partial charge in [0.05, 0.1) is 32.8 Å². The van der Waals surface area contributed by atoms with Crippen molar-refractivity contribution in [3.8, 4) is 28.7 Å². The number of benzene rings is 3. The average Bonchev–Trinajstić information content (AvgIpc) is 3.60. The van der Waals surface area contributed by atoms with Crippen molar-refractivity contribution in [1.29, 1.82) is 0 Å². The summed E-state index contributed by atoms with van der Waals surface area (Å²) >= 11 is 0. The summed E-state index contributed by atoms with van der Waals surface area (Å²) in [7, 11) is 4.28. The molecular formula is C36H42N2O10. The number of aromatic hydroxyl groups is 1. The molecule has 2 fully saturated rings. The maximum absolute atomic E-state index is 15.2. The summed E-state index contributed by atoms with van der Waals surface area (Å²) in [5, 5.41) is 50.2. The van der Waals surface area contributed by atoms with E-state index in [4.69, 9.17) is 18.9 Å². The molecule has 12 heteroatoms. The molecule has 0 radical (unpaired) electrons. The largest absolute Gasteiger partial charge is 0.504 e. The summed E-state index contributed by atoms with van der Waals surface area (Å²) in [6.07, 6.45) is -1.41. The van der Waals surface area contributed by atoms with Crippen LogP contribution in [0.25, 0.3) is 0 Å². The number of fused-ring (bicyclic) bond motifs is 4. The van der Waals surface area contributed by atoms with Gasteiger partial charge >= 0.3 is 0 Å². The quantitative estimate of drug-likeness (QED) is 0.230. The van der Waals surface area contributed by atoms with Gasteiger partial charge in [-0.2, -0.15) is 0 Å². The number of nitrogens with one attached hydrogen (secondary N) is 1. The molecule has 1 aliphatic carbocycles. The van der Waals surface area contributed by atoms with Crippen LogP contribution >= 0.6 is 0 Å². The number of phenolic OH excluding ortho intramolecular Hbond substituents is 1. The van der Waals surface area contributed by atoms with Crippen molar-refractivity contribution in [3.63, 3.8) is 0 Å². The first-order chi connectivity index (χ1) is 22.9. The minimum Gasteiger partial charge on any atom is -0.504 e. The van der Waals surface area contributed by atoms with E-state index in [1.165, 1.54) is 45.3 Å². The number of likely N-dealkylation sites (tertiary alicyclic amines) is 1. The molecule has 6 rings (SSSR count). The number of carbonyl (C=O) groups is 2. The number of hydrogen-bond acceptors (Lipinski definition) is 10. The molecule has 256 valence electrons. The monoisotopic (exact) mass is 662 g/mol. The molecule has 5 N–H and O–H groups in total. The molecule has 2 bridgehead atoms. The van der Waals surface area contributed by atoms with Gasteiger partial charge in [-0.05, 0) is 43.9 Å². The highest BCUT2D eigenvalue weighted by Gasteiger charge is 2.76. The van der Waals surface area contributed by atoms with Crippen molar-refractivity contribution in [3.05, 3.63) is 77.4 Å². The van der Waals surface area contributed by atoms with Gasteiger partial charge in [0.25, 0.3) is 5.91 Å². The molecule has 3 aliphatic rings. The zero-order valence-electron chi connectivity index (χ0n) is 27.6. The Kier molecular flexibility index (Phi) is 8.47. The van der Waals surface area contributed by atoms with Crippen molar-refractivity contribution >= 4 is 11.8 Å². The number of carbonyl (C=O) groups excluding carboxylic acids is 2. The van der Waals surface area contributed by atoms with E-state index in [0.717, 1.165) is 0 Å². The number of methoxy groups -OCH3 is 3. The number of hydrogen-bond donors (Lipinski definition) is 5. The second-order valence-electron chi connectivity index (χ2n) is 12.9. The van der Waals surface area contributed by atoms with E-state index in [2.05, 4.69) is 5.32 Å². The number of nitrogens with zero attached hydrogens (tertiary/aromatic N) is 1. The number of phenols is 1. The maximum atomic E-state index is 15.2. The van der Waals surface area contributed by atoms with Crippen molar-refractivity contribution in [2.75, 3.05) is 27.9 Å². The van der Waals surface area contributed by atoms with Gasteiger partial charge in [-0.3, -0.25) is 9.59 Å². The standard InChI is InChI=1S/C36H42N2O10/c1-6-34(2,43)33(42)37-27-13-10-16-38(27)31(40)30-28(20-11-8-7-9-12-20)36(21-14-15-24(46-4)23(39)17-21)32(41)35(30,44)29-25(47-5)18-22(45-3)19-26(29)48-36/h7-9,11-12,14-15,17-19,27-28,30,32,39,41,43-44H,6,10,13,16H2,1-5H3,(H,37,42)/t27-,28-,30+,32+,34?,35-,36-/m0/s1. The smallest absolute Gasteiger partial charge is 0.253 e. The van der Waals surface area contributed by atoms with E-state index in [0.29, 0.717) is 24.2 Å². The number of aliphatic hydroxyl groups is 3. The fourth-order valence-corrected chi connectivity index (χ4v) is 7.67. The Morgan fingerprint density at radius 2 is 1.75 bits per heavy atom. The molecule has 1 saturated carbocycles. The second kappa shape index (κ2) is 12.2. The van der Waals surface area contributed by atoms with Crippen molar-refractivity contribution in [1.82, 2.24) is 10.2 Å². The summed E-state index contributed by atoms with van der Waals surface area (Å²) in [6, 6.07) is 16.6. The molecule has 2 heterocycles. The highest BCUT2D eigenvalue weighted by molar-refractivity contribution is 5.87. The zero-order chi connectivity index (χ0) is 34.6. The van der Waals surface area contributed by atoms with E-state index in [1.807, 2.05) is 6.07 Å². The molecule has 12 nitrogen and oxygen atoms in total. The molecule has 2 aliphatic heterocycles. The topological polar surface area (TPSA) is 167 Å². The predicted molar refractivity (Wildman–Crippen MR) is 173 cm³/mol. The molecule has 2 amide bonds. The van der Waals surface area contributed by atoms with Crippen molar-refractivity contribution in [2.24, 2.45) is 5.92 Å². The third kappa shape index (κ3) is 4.84. The average molecular weight is 663 g/mol. The summed E-state index contributed by atoms with van der Waals surface area (Å²) in [4.78, 5) is 29.7. The van der Waals surface area contributed by atoms with Gasteiger partial charge in [0.15, 0.2) is 17.1 Å². The molecule has 48 heavy (non-hydrogen) atoms. The molecule has 1 unspecified atom stereocenters. The van der Waals surface area contributed by atoms with Crippen LogP contribution in [-0.4, -0.2) is 82.9 Å². The lowest BCUT2D eigenvalue weighted by molar-refractivity contribution is -0.168. The number of rotatable bonds is 9. The van der Waals surface area contributed by atoms with E-state index in [-0.39, 0.29) is 47.1 Å². The number of amides is 2. The lowest BCUT2D eigenvalue weighted by atomic mass is 9.75. The van der Waals surface area contributed by atoms with Crippen LogP contribution in [0.1, 0.15) is 55.7 Å². The first kappa shape index (κ1) is 33.4. The Hall–Kier alpha value is -4.52. The molecule has 3 aromatic carbocycles. The van der Waals surface area contributed by atoms with Crippen LogP contribution in [0.4, 0.5) is 0 Å². The third-order valence-electron chi connectivity index (χ3n) is 10.3. The first-order valence-electron chi connectivity index (χ1n) is 16.0. The SMILES string of the molecule is CCC(C)(O)C(=O)N[C@@H]1CCCN1C(=O)[C@H]1[C@H](c2ccccc2)[C@]2(c3ccc(OC)c(O)c3)Oc3cc(OC)cc(OC)c3[C@@]1(O)[C@H]2O. The van der Waals surface area contributed by atoms with Crippen LogP contribution in [0.3, 0.4) is 0 Å². The normalized spacial score (nSPS) is 28.5. The molecule has 1 saturated heterocycles. The molecule has 0 aromatic heterocycles. The van der Waals surface area contributed by atoms with Gasteiger partial charge in [0.1, 0.15) is 40.7 Å². The highest BCUT2D eigenvalue weighted by Crippen LogP contribution is 2.68. The Morgan fingerprint density at radius 3 is 2.38 bits per heavy atom. The van der Waals surface area contributed by atoms with Crippen LogP contribution in [0, 0.1) is 5.92 Å². The lowest BCUT2D eigenvalue weighted by Crippen LogP contribution is -2.57. The van der Waals surface area contributed by atoms with Crippen LogP contribution in [0.5, 0.6) is 28.7 Å². The first-order valence-corrected chi connectivity index (χ1v) is 16.0. The third-order valence-corrected chi connectivity index (χ3v) is 10.3. The van der Waals surface area contributed by atoms with Gasteiger partial charge in [0.2, 0.25) is 5.91 Å². The predicted octanol–water partition coefficient (Wildman–Crippen LogP) is 2.89. The Morgan fingerprint density at radius 1 is 1.04 bits per heavy atom. The summed E-state index contributed by atoms with van der Waals surface area (Å²) < 4.78 is 23.4. The maximum Gasteiger partial charge on any atom is 0.253 e. The van der Waals surface area contributed by atoms with Crippen LogP contribution in [0.2, 0.25) is 0 Å². The van der Waals surface area contributed by atoms with Crippen LogP contribution < -0.4 is 24.3 Å². The van der Waals surface area contributed by atoms with Gasteiger partial charge in [-0.25, -0.2) is 0 Å². The molecule has 3 aromatic rings. The molecular weight excluding hydrogens is 620 g/mol. The van der Waals surface area contributed by atoms with Crippen molar-refractivity contribution < 1.29 is 49.0 Å². The van der Waals surface area contributed by atoms with E-state index >= 15 is 4.79 Å². The van der Waals surface area contributed by atoms with Crippen molar-refractivity contribution in [2.45, 2.75) is 68.1 Å². The fraction of sp³-hybridized carbons (Fsp3) is 0.444. The van der Waals surface area contributed by atoms with Crippen LogP contribution in [0.15, 0.2) is 60.7 Å². The summed E-state index contributed by atoms with van der Waals surface area (Å²) in [5.74, 6) is -3.05. The Bertz CT molecular complexity index is 1710. The van der Waals surface area contributed by atoms with E-state index in [9.17, 15) is 25.2 Å². The number of aliphatic hydroxyl groups excluding tert-OH is 1. The van der Waals surface area contributed by atoms with Gasteiger partial charge in [-0.15, -0.1) is 0 Å². The van der Waals surface area contributed by atoms with Gasteiger partial charge < -0.3 is 49.6 Å². The summed E-state index contributed by atoms with van der Waals surface area (Å²) in [5.41, 5.74) is -4.87. The van der Waals surface area contributed by atoms with E-state index < -0.39 is 52.7 Å². The molecule has 0 spiro atoms. The fourth-order valence-electron chi connectivity index (χ4n) is 7.67. The Balaban J connectivity index is 1.61. The highest BCUT2D eigenvalue weighted by atomic mass is 16.5. The minimum absolute atomic E-state index is 0.0668. The number of ether oxygens (including phenoxy) is 4. The van der Waals surface area contributed by atoms with Gasteiger partial charge in [-0.1, -0.05) is 43.3 Å². The molecule has 7 atom stereocenters. The Labute approximate surface area is 278 Å². The van der Waals surface area contributed by atoms with Gasteiger partial charge in [0, 0.05) is 30.2 Å². The van der Waals surface area contributed by atoms with E-state index in [1.54, 1.807) is 49.4 Å².